The minimum absolute atomic E-state index is 0.394. The van der Waals surface area contributed by atoms with Crippen LogP contribution in [0.1, 0.15) is 18.9 Å². The Morgan fingerprint density at radius 3 is 2.88 bits per heavy atom. The maximum Gasteiger partial charge on any atom is 0.165 e. The standard InChI is InChI=1S/C12H15BrO3/c1-8(14)7-9-10(13)3-4-11-12(9)16-6-2-5-15-11/h3-4,8,14H,2,5-7H2,1H3. The predicted molar refractivity (Wildman–Crippen MR) is 65.1 cm³/mol. The number of fused-ring (bicyclic) bond motifs is 1. The summed E-state index contributed by atoms with van der Waals surface area (Å²) in [5, 5.41) is 9.48. The number of hydrogen-bond donors (Lipinski definition) is 1. The van der Waals surface area contributed by atoms with Crippen molar-refractivity contribution in [1.29, 1.82) is 0 Å². The van der Waals surface area contributed by atoms with E-state index >= 15 is 0 Å². The van der Waals surface area contributed by atoms with Gasteiger partial charge in [-0.25, -0.2) is 0 Å². The van der Waals surface area contributed by atoms with Crippen molar-refractivity contribution < 1.29 is 14.6 Å². The fourth-order valence-corrected chi connectivity index (χ4v) is 2.23. The third-order valence-electron chi connectivity index (χ3n) is 2.46. The van der Waals surface area contributed by atoms with E-state index in [2.05, 4.69) is 15.9 Å². The van der Waals surface area contributed by atoms with E-state index in [-0.39, 0.29) is 0 Å². The third kappa shape index (κ3) is 2.50. The van der Waals surface area contributed by atoms with Crippen LogP contribution in [0.5, 0.6) is 11.5 Å². The average Bonchev–Trinajstić information content (AvgIpc) is 2.47. The Bertz CT molecular complexity index is 377. The second kappa shape index (κ2) is 5.06. The Morgan fingerprint density at radius 1 is 1.38 bits per heavy atom. The fraction of sp³-hybridized carbons (Fsp3) is 0.500. The van der Waals surface area contributed by atoms with E-state index in [1.165, 1.54) is 0 Å². The zero-order valence-electron chi connectivity index (χ0n) is 9.20. The SMILES string of the molecule is CC(O)Cc1c(Br)ccc2c1OCCCO2. The highest BCUT2D eigenvalue weighted by atomic mass is 79.9. The molecule has 3 nitrogen and oxygen atoms in total. The zero-order valence-corrected chi connectivity index (χ0v) is 10.8. The average molecular weight is 287 g/mol. The van der Waals surface area contributed by atoms with Gasteiger partial charge in [0.25, 0.3) is 0 Å². The molecule has 88 valence electrons. The molecule has 1 aromatic carbocycles. The molecule has 2 rings (SSSR count). The van der Waals surface area contributed by atoms with Crippen molar-refractivity contribution in [2.75, 3.05) is 13.2 Å². The maximum atomic E-state index is 9.48. The van der Waals surface area contributed by atoms with E-state index in [1.807, 2.05) is 12.1 Å². The van der Waals surface area contributed by atoms with Crippen LogP contribution in [0.2, 0.25) is 0 Å². The number of halogens is 1. The lowest BCUT2D eigenvalue weighted by Crippen LogP contribution is -2.07. The Morgan fingerprint density at radius 2 is 2.12 bits per heavy atom. The lowest BCUT2D eigenvalue weighted by atomic mass is 10.1. The van der Waals surface area contributed by atoms with Gasteiger partial charge in [0.05, 0.1) is 19.3 Å². The van der Waals surface area contributed by atoms with Crippen molar-refractivity contribution in [2.24, 2.45) is 0 Å². The largest absolute Gasteiger partial charge is 0.490 e. The van der Waals surface area contributed by atoms with E-state index in [0.29, 0.717) is 19.6 Å². The molecule has 1 N–H and O–H groups in total. The molecule has 1 atom stereocenters. The summed E-state index contributed by atoms with van der Waals surface area (Å²) in [5.41, 5.74) is 0.981. The Labute approximate surface area is 104 Å². The lowest BCUT2D eigenvalue weighted by molar-refractivity contribution is 0.193. The van der Waals surface area contributed by atoms with Crippen LogP contribution in [-0.2, 0) is 6.42 Å². The molecule has 0 amide bonds. The quantitative estimate of drug-likeness (QED) is 0.908. The van der Waals surface area contributed by atoms with Gasteiger partial charge < -0.3 is 14.6 Å². The van der Waals surface area contributed by atoms with Crippen LogP contribution in [-0.4, -0.2) is 24.4 Å². The van der Waals surface area contributed by atoms with Gasteiger partial charge in [0, 0.05) is 22.9 Å². The fourth-order valence-electron chi connectivity index (χ4n) is 1.76. The summed E-state index contributed by atoms with van der Waals surface area (Å²) >= 11 is 3.48. The molecule has 0 aliphatic carbocycles. The van der Waals surface area contributed by atoms with Crippen LogP contribution in [0.15, 0.2) is 16.6 Å². The number of rotatable bonds is 2. The smallest absolute Gasteiger partial charge is 0.165 e. The van der Waals surface area contributed by atoms with Crippen molar-refractivity contribution in [3.63, 3.8) is 0 Å². The summed E-state index contributed by atoms with van der Waals surface area (Å²) in [6, 6.07) is 3.83. The van der Waals surface area contributed by atoms with Crippen molar-refractivity contribution in [1.82, 2.24) is 0 Å². The maximum absolute atomic E-state index is 9.48. The highest BCUT2D eigenvalue weighted by molar-refractivity contribution is 9.10. The van der Waals surface area contributed by atoms with Crippen LogP contribution in [0.3, 0.4) is 0 Å². The first-order valence-corrected chi connectivity index (χ1v) is 6.23. The number of aliphatic hydroxyl groups is 1. The second-order valence-electron chi connectivity index (χ2n) is 3.96. The van der Waals surface area contributed by atoms with Gasteiger partial charge in [0.15, 0.2) is 11.5 Å². The molecule has 0 saturated carbocycles. The van der Waals surface area contributed by atoms with E-state index < -0.39 is 6.10 Å². The number of benzene rings is 1. The molecule has 16 heavy (non-hydrogen) atoms. The topological polar surface area (TPSA) is 38.7 Å². The Balaban J connectivity index is 2.40. The second-order valence-corrected chi connectivity index (χ2v) is 4.81. The van der Waals surface area contributed by atoms with Gasteiger partial charge in [-0.3, -0.25) is 0 Å². The van der Waals surface area contributed by atoms with Gasteiger partial charge in [-0.05, 0) is 19.1 Å². The molecule has 0 spiro atoms. The van der Waals surface area contributed by atoms with E-state index in [1.54, 1.807) is 6.92 Å². The molecule has 0 aromatic heterocycles. The number of hydrogen-bond acceptors (Lipinski definition) is 3. The molecular formula is C12H15BrO3. The van der Waals surface area contributed by atoms with Crippen molar-refractivity contribution in [3.8, 4) is 11.5 Å². The van der Waals surface area contributed by atoms with E-state index in [9.17, 15) is 5.11 Å². The summed E-state index contributed by atoms with van der Waals surface area (Å²) in [5.74, 6) is 1.55. The van der Waals surface area contributed by atoms with Crippen molar-refractivity contribution in [3.05, 3.63) is 22.2 Å². The van der Waals surface area contributed by atoms with Crippen molar-refractivity contribution >= 4 is 15.9 Å². The first-order valence-electron chi connectivity index (χ1n) is 5.43. The van der Waals surface area contributed by atoms with E-state index in [4.69, 9.17) is 9.47 Å². The minimum Gasteiger partial charge on any atom is -0.490 e. The highest BCUT2D eigenvalue weighted by Gasteiger charge is 2.18. The van der Waals surface area contributed by atoms with Crippen LogP contribution in [0.4, 0.5) is 0 Å². The number of ether oxygens (including phenoxy) is 2. The molecule has 0 radical (unpaired) electrons. The van der Waals surface area contributed by atoms with Gasteiger partial charge >= 0.3 is 0 Å². The first kappa shape index (κ1) is 11.7. The highest BCUT2D eigenvalue weighted by Crippen LogP contribution is 2.38. The molecule has 1 aliphatic heterocycles. The summed E-state index contributed by atoms with van der Waals surface area (Å²) in [4.78, 5) is 0. The molecule has 0 fully saturated rings. The third-order valence-corrected chi connectivity index (χ3v) is 3.20. The van der Waals surface area contributed by atoms with Gasteiger partial charge in [-0.1, -0.05) is 15.9 Å². The molecule has 1 aliphatic rings. The number of aliphatic hydroxyl groups excluding tert-OH is 1. The summed E-state index contributed by atoms with van der Waals surface area (Å²) in [7, 11) is 0. The van der Waals surface area contributed by atoms with Crippen LogP contribution < -0.4 is 9.47 Å². The van der Waals surface area contributed by atoms with Crippen molar-refractivity contribution in [2.45, 2.75) is 25.9 Å². The van der Waals surface area contributed by atoms with Gasteiger partial charge in [0.1, 0.15) is 0 Å². The minimum atomic E-state index is -0.394. The molecule has 1 aromatic rings. The molecular weight excluding hydrogens is 272 g/mol. The van der Waals surface area contributed by atoms with Gasteiger partial charge in [0.2, 0.25) is 0 Å². The molecule has 4 heteroatoms. The Hall–Kier alpha value is -0.740. The first-order chi connectivity index (χ1) is 7.68. The molecule has 1 unspecified atom stereocenters. The molecule has 0 bridgehead atoms. The van der Waals surface area contributed by atoms with Crippen LogP contribution >= 0.6 is 15.9 Å². The zero-order chi connectivity index (χ0) is 11.5. The molecule has 1 heterocycles. The monoisotopic (exact) mass is 286 g/mol. The van der Waals surface area contributed by atoms with E-state index in [0.717, 1.165) is 28.0 Å². The summed E-state index contributed by atoms with van der Waals surface area (Å²) in [6.45, 7) is 3.11. The summed E-state index contributed by atoms with van der Waals surface area (Å²) in [6.07, 6.45) is 1.06. The predicted octanol–water partition coefficient (Wildman–Crippen LogP) is 2.53. The normalized spacial score (nSPS) is 16.7. The molecule has 0 saturated heterocycles. The van der Waals surface area contributed by atoms with Gasteiger partial charge in [-0.15, -0.1) is 0 Å². The van der Waals surface area contributed by atoms with Crippen LogP contribution in [0.25, 0.3) is 0 Å². The van der Waals surface area contributed by atoms with Gasteiger partial charge in [-0.2, -0.15) is 0 Å². The lowest BCUT2D eigenvalue weighted by Gasteiger charge is -2.15. The Kier molecular flexibility index (Phi) is 3.71. The van der Waals surface area contributed by atoms with Crippen LogP contribution in [0, 0.1) is 0 Å². The summed E-state index contributed by atoms with van der Waals surface area (Å²) < 4.78 is 12.2.